The summed E-state index contributed by atoms with van der Waals surface area (Å²) in [7, 11) is 0. The Hall–Kier alpha value is -2.08. The van der Waals surface area contributed by atoms with Crippen molar-refractivity contribution in [3.63, 3.8) is 0 Å². The summed E-state index contributed by atoms with van der Waals surface area (Å²) in [6.07, 6.45) is 1.43. The van der Waals surface area contributed by atoms with Crippen molar-refractivity contribution in [1.29, 1.82) is 0 Å². The molecule has 0 saturated carbocycles. The van der Waals surface area contributed by atoms with Gasteiger partial charge in [-0.3, -0.25) is 4.79 Å². The number of aromatic carboxylic acids is 1. The molecule has 0 fully saturated rings. The lowest BCUT2D eigenvalue weighted by atomic mass is 10.1. The first-order valence-electron chi connectivity index (χ1n) is 5.13. The standard InChI is InChI=1S/C12H10N2O3S/c1-7-6-8(2-3-9(7)11(16)17)18-12-13-5-4-10(15)14-12/h2-6H,1H3,(H,16,17)(H,13,14,15). The van der Waals surface area contributed by atoms with Crippen molar-refractivity contribution < 1.29 is 9.90 Å². The number of benzene rings is 1. The van der Waals surface area contributed by atoms with Crippen molar-refractivity contribution in [3.05, 3.63) is 51.9 Å². The maximum Gasteiger partial charge on any atom is 0.335 e. The fourth-order valence-electron chi connectivity index (χ4n) is 1.46. The minimum Gasteiger partial charge on any atom is -0.478 e. The van der Waals surface area contributed by atoms with Gasteiger partial charge in [-0.2, -0.15) is 0 Å². The van der Waals surface area contributed by atoms with Crippen LogP contribution in [0.5, 0.6) is 0 Å². The molecular weight excluding hydrogens is 252 g/mol. The van der Waals surface area contributed by atoms with Gasteiger partial charge in [0.2, 0.25) is 0 Å². The minimum atomic E-state index is -0.949. The van der Waals surface area contributed by atoms with E-state index in [1.165, 1.54) is 24.0 Å². The van der Waals surface area contributed by atoms with E-state index in [1.807, 2.05) is 0 Å². The van der Waals surface area contributed by atoms with Gasteiger partial charge in [-0.05, 0) is 30.7 Å². The highest BCUT2D eigenvalue weighted by molar-refractivity contribution is 7.99. The minimum absolute atomic E-state index is 0.216. The molecule has 0 radical (unpaired) electrons. The van der Waals surface area contributed by atoms with Crippen LogP contribution in [0.2, 0.25) is 0 Å². The van der Waals surface area contributed by atoms with Crippen LogP contribution in [0.4, 0.5) is 0 Å². The fraction of sp³-hybridized carbons (Fsp3) is 0.0833. The average Bonchev–Trinajstić information content (AvgIpc) is 2.28. The maximum atomic E-state index is 11.1. The van der Waals surface area contributed by atoms with Gasteiger partial charge in [0.1, 0.15) is 0 Å². The molecule has 0 spiro atoms. The Bertz CT molecular complexity index is 652. The van der Waals surface area contributed by atoms with E-state index in [0.29, 0.717) is 10.7 Å². The second-order valence-corrected chi connectivity index (χ2v) is 4.69. The van der Waals surface area contributed by atoms with Crippen LogP contribution in [-0.4, -0.2) is 21.0 Å². The highest BCUT2D eigenvalue weighted by atomic mass is 32.2. The predicted molar refractivity (Wildman–Crippen MR) is 67.1 cm³/mol. The molecular formula is C12H10N2O3S. The summed E-state index contributed by atoms with van der Waals surface area (Å²) in [6, 6.07) is 6.32. The summed E-state index contributed by atoms with van der Waals surface area (Å²) >= 11 is 1.28. The molecule has 0 aliphatic heterocycles. The molecule has 1 heterocycles. The Balaban J connectivity index is 2.28. The Kier molecular flexibility index (Phi) is 3.47. The van der Waals surface area contributed by atoms with Crippen molar-refractivity contribution in [3.8, 4) is 0 Å². The van der Waals surface area contributed by atoms with Crippen molar-refractivity contribution >= 4 is 17.7 Å². The van der Waals surface area contributed by atoms with Crippen molar-refractivity contribution in [1.82, 2.24) is 9.97 Å². The lowest BCUT2D eigenvalue weighted by Crippen LogP contribution is -2.05. The van der Waals surface area contributed by atoms with E-state index >= 15 is 0 Å². The number of aromatic nitrogens is 2. The number of aryl methyl sites for hydroxylation is 1. The third-order valence-electron chi connectivity index (χ3n) is 2.29. The third kappa shape index (κ3) is 2.78. The summed E-state index contributed by atoms with van der Waals surface area (Å²) in [4.78, 5) is 29.4. The number of aromatic amines is 1. The van der Waals surface area contributed by atoms with Crippen LogP contribution in [0.3, 0.4) is 0 Å². The molecule has 5 nitrogen and oxygen atoms in total. The van der Waals surface area contributed by atoms with E-state index in [0.717, 1.165) is 4.90 Å². The molecule has 92 valence electrons. The lowest BCUT2D eigenvalue weighted by molar-refractivity contribution is 0.0696. The van der Waals surface area contributed by atoms with Gasteiger partial charge >= 0.3 is 5.97 Å². The third-order valence-corrected chi connectivity index (χ3v) is 3.18. The molecule has 18 heavy (non-hydrogen) atoms. The second kappa shape index (κ2) is 5.05. The first kappa shape index (κ1) is 12.4. The number of nitrogens with one attached hydrogen (secondary N) is 1. The van der Waals surface area contributed by atoms with Crippen LogP contribution in [0.15, 0.2) is 45.3 Å². The number of carbonyl (C=O) groups is 1. The van der Waals surface area contributed by atoms with Crippen LogP contribution < -0.4 is 5.56 Å². The van der Waals surface area contributed by atoms with Gasteiger partial charge in [0.25, 0.3) is 5.56 Å². The van der Waals surface area contributed by atoms with Crippen molar-refractivity contribution in [2.45, 2.75) is 17.0 Å². The molecule has 0 amide bonds. The molecule has 0 aliphatic rings. The highest BCUT2D eigenvalue weighted by Crippen LogP contribution is 2.25. The molecule has 0 unspecified atom stereocenters. The number of carboxylic acid groups (broad SMARTS) is 1. The molecule has 6 heteroatoms. The van der Waals surface area contributed by atoms with Crippen LogP contribution in [0.1, 0.15) is 15.9 Å². The quantitative estimate of drug-likeness (QED) is 0.826. The maximum absolute atomic E-state index is 11.1. The number of rotatable bonds is 3. The summed E-state index contributed by atoms with van der Waals surface area (Å²) < 4.78 is 0. The topological polar surface area (TPSA) is 83.0 Å². The second-order valence-electron chi connectivity index (χ2n) is 3.62. The number of carboxylic acids is 1. The Morgan fingerprint density at radius 2 is 2.17 bits per heavy atom. The molecule has 0 saturated heterocycles. The zero-order valence-corrected chi connectivity index (χ0v) is 10.3. The summed E-state index contributed by atoms with van der Waals surface area (Å²) in [5.41, 5.74) is 0.728. The molecule has 0 atom stereocenters. The van der Waals surface area contributed by atoms with E-state index in [4.69, 9.17) is 5.11 Å². The zero-order valence-electron chi connectivity index (χ0n) is 9.51. The molecule has 0 aliphatic carbocycles. The normalized spacial score (nSPS) is 10.3. The fourth-order valence-corrected chi connectivity index (χ4v) is 2.32. The lowest BCUT2D eigenvalue weighted by Gasteiger charge is -2.04. The molecule has 2 aromatic rings. The highest BCUT2D eigenvalue weighted by Gasteiger charge is 2.08. The first-order valence-corrected chi connectivity index (χ1v) is 5.95. The molecule has 2 rings (SSSR count). The Morgan fingerprint density at radius 3 is 2.78 bits per heavy atom. The van der Waals surface area contributed by atoms with Gasteiger partial charge in [0.15, 0.2) is 5.16 Å². The number of hydrogen-bond donors (Lipinski definition) is 2. The summed E-state index contributed by atoms with van der Waals surface area (Å²) in [5, 5.41) is 9.39. The largest absolute Gasteiger partial charge is 0.478 e. The average molecular weight is 262 g/mol. The Morgan fingerprint density at radius 1 is 1.39 bits per heavy atom. The van der Waals surface area contributed by atoms with E-state index in [2.05, 4.69) is 9.97 Å². The van der Waals surface area contributed by atoms with Crippen LogP contribution in [0.25, 0.3) is 0 Å². The summed E-state index contributed by atoms with van der Waals surface area (Å²) in [5.74, 6) is -0.949. The smallest absolute Gasteiger partial charge is 0.335 e. The van der Waals surface area contributed by atoms with Gasteiger partial charge in [-0.1, -0.05) is 11.8 Å². The van der Waals surface area contributed by atoms with Crippen molar-refractivity contribution in [2.75, 3.05) is 0 Å². The van der Waals surface area contributed by atoms with E-state index < -0.39 is 5.97 Å². The molecule has 1 aromatic heterocycles. The van der Waals surface area contributed by atoms with Gasteiger partial charge in [-0.25, -0.2) is 9.78 Å². The SMILES string of the molecule is Cc1cc(Sc2nccc(=O)[nH]2)ccc1C(=O)O. The van der Waals surface area contributed by atoms with Crippen LogP contribution in [0, 0.1) is 6.92 Å². The molecule has 1 aromatic carbocycles. The number of H-pyrrole nitrogens is 1. The number of nitrogens with zero attached hydrogens (tertiary/aromatic N) is 1. The molecule has 2 N–H and O–H groups in total. The van der Waals surface area contributed by atoms with Crippen LogP contribution >= 0.6 is 11.8 Å². The van der Waals surface area contributed by atoms with Gasteiger partial charge < -0.3 is 10.1 Å². The van der Waals surface area contributed by atoms with Gasteiger partial charge in [0.05, 0.1) is 5.56 Å². The van der Waals surface area contributed by atoms with E-state index in [1.54, 1.807) is 25.1 Å². The number of hydrogen-bond acceptors (Lipinski definition) is 4. The zero-order chi connectivity index (χ0) is 13.1. The van der Waals surface area contributed by atoms with Gasteiger partial charge in [-0.15, -0.1) is 0 Å². The van der Waals surface area contributed by atoms with Gasteiger partial charge in [0, 0.05) is 17.2 Å². The van der Waals surface area contributed by atoms with Crippen molar-refractivity contribution in [2.24, 2.45) is 0 Å². The van der Waals surface area contributed by atoms with E-state index in [-0.39, 0.29) is 11.1 Å². The van der Waals surface area contributed by atoms with Crippen LogP contribution in [-0.2, 0) is 0 Å². The first-order chi connectivity index (χ1) is 8.56. The summed E-state index contributed by atoms with van der Waals surface area (Å²) in [6.45, 7) is 1.73. The Labute approximate surface area is 107 Å². The van der Waals surface area contributed by atoms with E-state index in [9.17, 15) is 9.59 Å². The molecule has 0 bridgehead atoms. The monoisotopic (exact) mass is 262 g/mol. The predicted octanol–water partition coefficient (Wildman–Crippen LogP) is 1.93.